The first kappa shape index (κ1) is 9.71. The molecular weight excluding hydrogens is 194 g/mol. The Labute approximate surface area is 87.4 Å². The van der Waals surface area contributed by atoms with Gasteiger partial charge < -0.3 is 4.74 Å². The van der Waals surface area contributed by atoms with Crippen LogP contribution in [0.15, 0.2) is 30.3 Å². The van der Waals surface area contributed by atoms with E-state index in [-0.39, 0.29) is 18.9 Å². The number of rotatable bonds is 2. The number of carbonyl (C=O) groups is 2. The second-order valence-electron chi connectivity index (χ2n) is 3.33. The Morgan fingerprint density at radius 3 is 2.60 bits per heavy atom. The minimum atomic E-state index is -0.546. The zero-order chi connectivity index (χ0) is 10.7. The first-order chi connectivity index (χ1) is 7.27. The lowest BCUT2D eigenvalue weighted by atomic mass is 10.2. The molecule has 0 spiro atoms. The van der Waals surface area contributed by atoms with Gasteiger partial charge in [-0.25, -0.2) is 9.69 Å². The number of hydrogen-bond acceptors (Lipinski definition) is 3. The number of hydrogen-bond donors (Lipinski definition) is 0. The average molecular weight is 205 g/mol. The fraction of sp³-hybridized carbons (Fsp3) is 0.273. The summed E-state index contributed by atoms with van der Waals surface area (Å²) in [6.45, 7) is 0.488. The Hall–Kier alpha value is -1.84. The molecule has 0 aromatic heterocycles. The molecule has 4 nitrogen and oxygen atoms in total. The summed E-state index contributed by atoms with van der Waals surface area (Å²) in [6.07, 6.45) is -0.270. The third-order valence-corrected chi connectivity index (χ3v) is 2.25. The molecule has 0 N–H and O–H groups in total. The predicted octanol–water partition coefficient (Wildman–Crippen LogP) is 1.56. The first-order valence-corrected chi connectivity index (χ1v) is 4.78. The van der Waals surface area contributed by atoms with Gasteiger partial charge in [0.1, 0.15) is 6.61 Å². The summed E-state index contributed by atoms with van der Waals surface area (Å²) in [7, 11) is 0. The van der Waals surface area contributed by atoms with E-state index in [1.165, 1.54) is 0 Å². The zero-order valence-corrected chi connectivity index (χ0v) is 8.18. The van der Waals surface area contributed by atoms with E-state index >= 15 is 0 Å². The van der Waals surface area contributed by atoms with Crippen molar-refractivity contribution in [1.82, 2.24) is 4.90 Å². The number of cyclic esters (lactones) is 1. The highest BCUT2D eigenvalue weighted by atomic mass is 16.6. The maximum Gasteiger partial charge on any atom is 0.416 e. The van der Waals surface area contributed by atoms with E-state index < -0.39 is 6.09 Å². The van der Waals surface area contributed by atoms with Crippen molar-refractivity contribution in [2.75, 3.05) is 6.61 Å². The molecule has 0 aliphatic carbocycles. The van der Waals surface area contributed by atoms with Crippen molar-refractivity contribution < 1.29 is 14.3 Å². The first-order valence-electron chi connectivity index (χ1n) is 4.78. The van der Waals surface area contributed by atoms with Crippen LogP contribution in [0.5, 0.6) is 0 Å². The van der Waals surface area contributed by atoms with Crippen LogP contribution in [0.4, 0.5) is 4.79 Å². The third kappa shape index (κ3) is 2.15. The summed E-state index contributed by atoms with van der Waals surface area (Å²) < 4.78 is 4.80. The van der Waals surface area contributed by atoms with Crippen molar-refractivity contribution in [2.45, 2.75) is 13.0 Å². The van der Waals surface area contributed by atoms with Crippen molar-refractivity contribution in [3.63, 3.8) is 0 Å². The monoisotopic (exact) mass is 205 g/mol. The highest BCUT2D eigenvalue weighted by molar-refractivity contribution is 5.93. The molecule has 4 heteroatoms. The second kappa shape index (κ2) is 4.13. The summed E-state index contributed by atoms with van der Waals surface area (Å²) >= 11 is 0. The van der Waals surface area contributed by atoms with E-state index in [2.05, 4.69) is 0 Å². The molecule has 1 heterocycles. The van der Waals surface area contributed by atoms with Gasteiger partial charge in [-0.3, -0.25) is 4.79 Å². The number of imide groups is 1. The quantitative estimate of drug-likeness (QED) is 0.736. The number of amides is 2. The van der Waals surface area contributed by atoms with Gasteiger partial charge in [-0.2, -0.15) is 0 Å². The summed E-state index contributed by atoms with van der Waals surface area (Å²) in [5, 5.41) is 0. The Bertz CT molecular complexity index is 359. The van der Waals surface area contributed by atoms with Crippen molar-refractivity contribution in [1.29, 1.82) is 0 Å². The molecule has 1 aliphatic rings. The van der Waals surface area contributed by atoms with E-state index in [0.29, 0.717) is 6.54 Å². The van der Waals surface area contributed by atoms with Crippen LogP contribution in [0.2, 0.25) is 0 Å². The van der Waals surface area contributed by atoms with E-state index in [1.807, 2.05) is 30.3 Å². The van der Waals surface area contributed by atoms with Gasteiger partial charge >= 0.3 is 6.09 Å². The summed E-state index contributed by atoms with van der Waals surface area (Å²) in [5.74, 6) is -0.171. The van der Waals surface area contributed by atoms with Gasteiger partial charge in [-0.15, -0.1) is 0 Å². The van der Waals surface area contributed by atoms with Crippen LogP contribution in [0, 0.1) is 0 Å². The molecule has 2 amide bonds. The molecule has 0 saturated carbocycles. The standard InChI is InChI=1S/C11H11NO3/c13-10-6-7-15-11(14)12(10)8-9-4-2-1-3-5-9/h1-5H,6-8H2. The molecule has 1 aromatic rings. The van der Waals surface area contributed by atoms with Crippen LogP contribution in [-0.4, -0.2) is 23.5 Å². The number of nitrogens with zero attached hydrogens (tertiary/aromatic N) is 1. The summed E-state index contributed by atoms with van der Waals surface area (Å²) in [4.78, 5) is 23.9. The van der Waals surface area contributed by atoms with E-state index in [1.54, 1.807) is 0 Å². The molecule has 78 valence electrons. The van der Waals surface area contributed by atoms with Gasteiger partial charge in [-0.1, -0.05) is 30.3 Å². The lowest BCUT2D eigenvalue weighted by molar-refractivity contribution is -0.134. The molecule has 0 radical (unpaired) electrons. The van der Waals surface area contributed by atoms with Gasteiger partial charge in [0, 0.05) is 0 Å². The number of carbonyl (C=O) groups excluding carboxylic acids is 2. The maximum absolute atomic E-state index is 11.4. The number of benzene rings is 1. The lowest BCUT2D eigenvalue weighted by Gasteiger charge is -2.24. The minimum Gasteiger partial charge on any atom is -0.449 e. The molecule has 1 aliphatic heterocycles. The Kier molecular flexibility index (Phi) is 2.67. The third-order valence-electron chi connectivity index (χ3n) is 2.25. The van der Waals surface area contributed by atoms with Gasteiger partial charge in [0.2, 0.25) is 5.91 Å². The summed E-state index contributed by atoms with van der Waals surface area (Å²) in [5.41, 5.74) is 0.921. The SMILES string of the molecule is O=C1CCOC(=O)N1Cc1ccccc1. The second-order valence-corrected chi connectivity index (χ2v) is 3.33. The van der Waals surface area contributed by atoms with E-state index in [9.17, 15) is 9.59 Å². The molecule has 1 fully saturated rings. The highest BCUT2D eigenvalue weighted by Gasteiger charge is 2.27. The van der Waals surface area contributed by atoms with Crippen molar-refractivity contribution in [2.24, 2.45) is 0 Å². The fourth-order valence-corrected chi connectivity index (χ4v) is 1.46. The topological polar surface area (TPSA) is 46.6 Å². The van der Waals surface area contributed by atoms with Crippen LogP contribution in [0.1, 0.15) is 12.0 Å². The fourth-order valence-electron chi connectivity index (χ4n) is 1.46. The molecular formula is C11H11NO3. The van der Waals surface area contributed by atoms with Gasteiger partial charge in [0.05, 0.1) is 13.0 Å². The van der Waals surface area contributed by atoms with E-state index in [4.69, 9.17) is 4.74 Å². The molecule has 0 atom stereocenters. The Balaban J connectivity index is 2.10. The number of ether oxygens (including phenoxy) is 1. The van der Waals surface area contributed by atoms with Crippen molar-refractivity contribution in [3.05, 3.63) is 35.9 Å². The van der Waals surface area contributed by atoms with Crippen LogP contribution >= 0.6 is 0 Å². The molecule has 0 bridgehead atoms. The molecule has 2 rings (SSSR count). The summed E-state index contributed by atoms with van der Waals surface area (Å²) in [6, 6.07) is 9.37. The minimum absolute atomic E-state index is 0.171. The predicted molar refractivity (Wildman–Crippen MR) is 53.0 cm³/mol. The Morgan fingerprint density at radius 1 is 1.20 bits per heavy atom. The smallest absolute Gasteiger partial charge is 0.416 e. The largest absolute Gasteiger partial charge is 0.449 e. The highest BCUT2D eigenvalue weighted by Crippen LogP contribution is 2.11. The van der Waals surface area contributed by atoms with E-state index in [0.717, 1.165) is 10.5 Å². The van der Waals surface area contributed by atoms with Crippen LogP contribution in [0.3, 0.4) is 0 Å². The van der Waals surface area contributed by atoms with Crippen LogP contribution < -0.4 is 0 Å². The van der Waals surface area contributed by atoms with Crippen LogP contribution in [-0.2, 0) is 16.1 Å². The molecule has 0 unspecified atom stereocenters. The average Bonchev–Trinajstić information content (AvgIpc) is 2.25. The van der Waals surface area contributed by atoms with Gasteiger partial charge in [0.25, 0.3) is 0 Å². The van der Waals surface area contributed by atoms with Crippen molar-refractivity contribution in [3.8, 4) is 0 Å². The van der Waals surface area contributed by atoms with Gasteiger partial charge in [0.15, 0.2) is 0 Å². The van der Waals surface area contributed by atoms with Crippen molar-refractivity contribution >= 4 is 12.0 Å². The Morgan fingerprint density at radius 2 is 1.93 bits per heavy atom. The molecule has 1 aromatic carbocycles. The normalized spacial score (nSPS) is 16.4. The molecule has 15 heavy (non-hydrogen) atoms. The lowest BCUT2D eigenvalue weighted by Crippen LogP contribution is -2.41. The van der Waals surface area contributed by atoms with Crippen LogP contribution in [0.25, 0.3) is 0 Å². The molecule has 1 saturated heterocycles. The maximum atomic E-state index is 11.4. The zero-order valence-electron chi connectivity index (χ0n) is 8.18. The van der Waals surface area contributed by atoms with Gasteiger partial charge in [-0.05, 0) is 5.56 Å².